The topological polar surface area (TPSA) is 29.3 Å². The van der Waals surface area contributed by atoms with E-state index in [-0.39, 0.29) is 5.41 Å². The largest absolute Gasteiger partial charge is 0.326 e. The van der Waals surface area contributed by atoms with Crippen LogP contribution in [0.5, 0.6) is 0 Å². The first-order chi connectivity index (χ1) is 7.86. The zero-order valence-electron chi connectivity index (χ0n) is 11.4. The third kappa shape index (κ3) is 3.09. The third-order valence-corrected chi connectivity index (χ3v) is 5.02. The highest BCUT2D eigenvalue weighted by atomic mass is 32.1. The van der Waals surface area contributed by atoms with Gasteiger partial charge in [-0.1, -0.05) is 27.7 Å². The van der Waals surface area contributed by atoms with Crippen LogP contribution < -0.4 is 5.73 Å². The Balaban J connectivity index is 1.98. The highest BCUT2D eigenvalue weighted by Crippen LogP contribution is 2.30. The first-order valence-electron chi connectivity index (χ1n) is 6.43. The Bertz CT molecular complexity index is 368. The Morgan fingerprint density at radius 2 is 2.06 bits per heavy atom. The number of nitrogens with two attached hydrogens (primary N) is 1. The summed E-state index contributed by atoms with van der Waals surface area (Å²) in [5.74, 6) is 0.636. The number of hydrogen-bond acceptors (Lipinski definition) is 3. The van der Waals surface area contributed by atoms with Gasteiger partial charge in [-0.25, -0.2) is 0 Å². The molecule has 1 aliphatic rings. The summed E-state index contributed by atoms with van der Waals surface area (Å²) in [6.45, 7) is 12.3. The molecule has 1 aliphatic heterocycles. The molecule has 96 valence electrons. The molecule has 0 aliphatic carbocycles. The lowest BCUT2D eigenvalue weighted by Crippen LogP contribution is -2.28. The molecule has 3 heteroatoms. The van der Waals surface area contributed by atoms with Crippen LogP contribution in [0, 0.1) is 5.92 Å². The molecule has 0 bridgehead atoms. The predicted molar refractivity (Wildman–Crippen MR) is 75.4 cm³/mol. The van der Waals surface area contributed by atoms with Gasteiger partial charge in [0.2, 0.25) is 0 Å². The summed E-state index contributed by atoms with van der Waals surface area (Å²) in [5, 5.41) is 0. The van der Waals surface area contributed by atoms with Crippen LogP contribution in [-0.4, -0.2) is 24.0 Å². The molecule has 1 aromatic heterocycles. The highest BCUT2D eigenvalue weighted by Gasteiger charge is 2.26. The quantitative estimate of drug-likeness (QED) is 0.877. The smallest absolute Gasteiger partial charge is 0.0328 e. The first kappa shape index (κ1) is 13.1. The minimum absolute atomic E-state index is 0.275. The van der Waals surface area contributed by atoms with Gasteiger partial charge < -0.3 is 5.73 Å². The molecule has 1 fully saturated rings. The van der Waals surface area contributed by atoms with Crippen molar-refractivity contribution in [2.24, 2.45) is 11.7 Å². The molecule has 0 aromatic carbocycles. The number of nitrogens with zero attached hydrogens (tertiary/aromatic N) is 1. The average molecular weight is 252 g/mol. The minimum atomic E-state index is 0.275. The van der Waals surface area contributed by atoms with Crippen LogP contribution in [0.3, 0.4) is 0 Å². The summed E-state index contributed by atoms with van der Waals surface area (Å²) in [7, 11) is 0. The molecule has 2 heterocycles. The first-order valence-corrected chi connectivity index (χ1v) is 7.25. The summed E-state index contributed by atoms with van der Waals surface area (Å²) in [5.41, 5.74) is 6.33. The highest BCUT2D eigenvalue weighted by molar-refractivity contribution is 7.12. The van der Waals surface area contributed by atoms with Crippen LogP contribution >= 0.6 is 11.3 Å². The monoisotopic (exact) mass is 252 g/mol. The molecule has 1 saturated heterocycles. The maximum atomic E-state index is 6.06. The second kappa shape index (κ2) is 4.71. The van der Waals surface area contributed by atoms with Crippen molar-refractivity contribution in [3.8, 4) is 0 Å². The maximum absolute atomic E-state index is 6.06. The van der Waals surface area contributed by atoms with Gasteiger partial charge in [-0.2, -0.15) is 0 Å². The molecule has 1 aromatic rings. The SMILES string of the molecule is CC1CN(Cc2ccc(C(C)(C)C)s2)CC1N. The van der Waals surface area contributed by atoms with Crippen molar-refractivity contribution >= 4 is 11.3 Å². The summed E-state index contributed by atoms with van der Waals surface area (Å²) < 4.78 is 0. The predicted octanol–water partition coefficient (Wildman–Crippen LogP) is 2.82. The molecule has 0 spiro atoms. The summed E-state index contributed by atoms with van der Waals surface area (Å²) in [6.07, 6.45) is 0. The summed E-state index contributed by atoms with van der Waals surface area (Å²) >= 11 is 1.95. The van der Waals surface area contributed by atoms with E-state index >= 15 is 0 Å². The molecular formula is C14H24N2S. The van der Waals surface area contributed by atoms with Gasteiger partial charge in [-0.3, -0.25) is 4.90 Å². The van der Waals surface area contributed by atoms with Crippen molar-refractivity contribution < 1.29 is 0 Å². The molecule has 17 heavy (non-hydrogen) atoms. The lowest BCUT2D eigenvalue weighted by Gasteiger charge is -2.16. The van der Waals surface area contributed by atoms with E-state index in [1.54, 1.807) is 0 Å². The normalized spacial score (nSPS) is 26.6. The van der Waals surface area contributed by atoms with Gasteiger partial charge in [0.1, 0.15) is 0 Å². The number of thiophene rings is 1. The lowest BCUT2D eigenvalue weighted by molar-refractivity contribution is 0.322. The van der Waals surface area contributed by atoms with Crippen LogP contribution in [0.4, 0.5) is 0 Å². The minimum Gasteiger partial charge on any atom is -0.326 e. The van der Waals surface area contributed by atoms with Crippen molar-refractivity contribution in [3.63, 3.8) is 0 Å². The third-order valence-electron chi connectivity index (χ3n) is 3.53. The van der Waals surface area contributed by atoms with Gasteiger partial charge in [0.05, 0.1) is 0 Å². The average Bonchev–Trinajstić information content (AvgIpc) is 2.75. The molecule has 2 rings (SSSR count). The van der Waals surface area contributed by atoms with Gasteiger partial charge in [0.15, 0.2) is 0 Å². The summed E-state index contributed by atoms with van der Waals surface area (Å²) in [4.78, 5) is 5.42. The molecule has 0 radical (unpaired) electrons. The van der Waals surface area contributed by atoms with E-state index in [2.05, 4.69) is 44.7 Å². The molecule has 2 unspecified atom stereocenters. The molecule has 0 amide bonds. The van der Waals surface area contributed by atoms with Crippen molar-refractivity contribution in [1.82, 2.24) is 4.90 Å². The Morgan fingerprint density at radius 1 is 1.35 bits per heavy atom. The van der Waals surface area contributed by atoms with Crippen molar-refractivity contribution in [2.75, 3.05) is 13.1 Å². The van der Waals surface area contributed by atoms with Gasteiger partial charge in [0, 0.05) is 35.4 Å². The van der Waals surface area contributed by atoms with Crippen LogP contribution in [0.1, 0.15) is 37.4 Å². The molecule has 2 atom stereocenters. The second-order valence-corrected chi connectivity index (χ2v) is 7.52. The molecular weight excluding hydrogens is 228 g/mol. The Labute approximate surface area is 109 Å². The van der Waals surface area contributed by atoms with E-state index in [4.69, 9.17) is 5.73 Å². The lowest BCUT2D eigenvalue weighted by atomic mass is 9.95. The van der Waals surface area contributed by atoms with Crippen molar-refractivity contribution in [2.45, 2.75) is 45.7 Å². The van der Waals surface area contributed by atoms with Crippen molar-refractivity contribution in [3.05, 3.63) is 21.9 Å². The Hall–Kier alpha value is -0.380. The fraction of sp³-hybridized carbons (Fsp3) is 0.714. The van der Waals surface area contributed by atoms with E-state index in [1.165, 1.54) is 9.75 Å². The van der Waals surface area contributed by atoms with Crippen LogP contribution in [0.25, 0.3) is 0 Å². The van der Waals surface area contributed by atoms with E-state index in [1.807, 2.05) is 11.3 Å². The number of rotatable bonds is 2. The van der Waals surface area contributed by atoms with E-state index in [0.29, 0.717) is 12.0 Å². The van der Waals surface area contributed by atoms with E-state index < -0.39 is 0 Å². The van der Waals surface area contributed by atoms with E-state index in [0.717, 1.165) is 19.6 Å². The Morgan fingerprint density at radius 3 is 2.53 bits per heavy atom. The number of likely N-dealkylation sites (tertiary alicyclic amines) is 1. The van der Waals surface area contributed by atoms with Crippen molar-refractivity contribution in [1.29, 1.82) is 0 Å². The van der Waals surface area contributed by atoms with Gasteiger partial charge >= 0.3 is 0 Å². The molecule has 0 saturated carbocycles. The second-order valence-electron chi connectivity index (χ2n) is 6.35. The summed E-state index contributed by atoms with van der Waals surface area (Å²) in [6, 6.07) is 4.91. The maximum Gasteiger partial charge on any atom is 0.0328 e. The zero-order chi connectivity index (χ0) is 12.6. The van der Waals surface area contributed by atoms with Crippen LogP contribution in [0.2, 0.25) is 0 Å². The Kier molecular flexibility index (Phi) is 3.62. The molecule has 2 N–H and O–H groups in total. The van der Waals surface area contributed by atoms with Crippen LogP contribution in [0.15, 0.2) is 12.1 Å². The van der Waals surface area contributed by atoms with Crippen LogP contribution in [-0.2, 0) is 12.0 Å². The van der Waals surface area contributed by atoms with Gasteiger partial charge in [-0.15, -0.1) is 11.3 Å². The van der Waals surface area contributed by atoms with Gasteiger partial charge in [0.25, 0.3) is 0 Å². The zero-order valence-corrected chi connectivity index (χ0v) is 12.2. The standard InChI is InChI=1S/C14H24N2S/c1-10-7-16(9-12(10)15)8-11-5-6-13(17-11)14(2,3)4/h5-6,10,12H,7-9,15H2,1-4H3. The fourth-order valence-electron chi connectivity index (χ4n) is 2.31. The number of hydrogen-bond donors (Lipinski definition) is 1. The fourth-order valence-corrected chi connectivity index (χ4v) is 3.42. The van der Waals surface area contributed by atoms with Gasteiger partial charge in [-0.05, 0) is 23.5 Å². The molecule has 2 nitrogen and oxygen atoms in total. The van der Waals surface area contributed by atoms with E-state index in [9.17, 15) is 0 Å².